The number of hydrogen-bond acceptors (Lipinski definition) is 4. The molecule has 3 aliphatic rings. The van der Waals surface area contributed by atoms with E-state index in [1.165, 1.54) is 12.8 Å². The number of urea groups is 1. The number of likely N-dealkylation sites (tertiary alicyclic amines) is 1. The fraction of sp³-hybridized carbons (Fsp3) is 0.941. The lowest BCUT2D eigenvalue weighted by Crippen LogP contribution is -2.44. The highest BCUT2D eigenvalue weighted by Gasteiger charge is 2.42. The molecule has 2 amide bonds. The summed E-state index contributed by atoms with van der Waals surface area (Å²) in [5.41, 5.74) is 0. The first-order valence-electron chi connectivity index (χ1n) is 9.13. The molecule has 3 rings (SSSR count). The SMILES string of the molecule is CC[C@@H]1CCCN(C(=O)NC[C@H]2COC3(CCOCC3)O2)CC1. The molecule has 3 saturated heterocycles. The lowest BCUT2D eigenvalue weighted by molar-refractivity contribution is -0.210. The van der Waals surface area contributed by atoms with Crippen LogP contribution in [0.25, 0.3) is 0 Å². The van der Waals surface area contributed by atoms with E-state index in [0.717, 1.165) is 44.7 Å². The van der Waals surface area contributed by atoms with Gasteiger partial charge in [-0.3, -0.25) is 0 Å². The van der Waals surface area contributed by atoms with Crippen LogP contribution < -0.4 is 5.32 Å². The third kappa shape index (κ3) is 4.37. The summed E-state index contributed by atoms with van der Waals surface area (Å²) < 4.78 is 17.3. The smallest absolute Gasteiger partial charge is 0.317 e. The monoisotopic (exact) mass is 326 g/mol. The van der Waals surface area contributed by atoms with E-state index in [2.05, 4.69) is 12.2 Å². The molecule has 0 aliphatic carbocycles. The second-order valence-corrected chi connectivity index (χ2v) is 6.95. The van der Waals surface area contributed by atoms with Crippen molar-refractivity contribution in [3.05, 3.63) is 0 Å². The van der Waals surface area contributed by atoms with E-state index < -0.39 is 5.79 Å². The Hall–Kier alpha value is -0.850. The Balaban J connectivity index is 1.41. The van der Waals surface area contributed by atoms with Gasteiger partial charge in [0.15, 0.2) is 5.79 Å². The standard InChI is InChI=1S/C17H30N2O4/c1-2-14-4-3-8-19(9-5-14)16(20)18-12-15-13-22-17(23-15)6-10-21-11-7-17/h14-15H,2-13H2,1H3,(H,18,20)/t14-,15+/m1/s1. The number of rotatable bonds is 3. The normalized spacial score (nSPS) is 31.1. The van der Waals surface area contributed by atoms with Gasteiger partial charge in [-0.05, 0) is 25.2 Å². The summed E-state index contributed by atoms with van der Waals surface area (Å²) >= 11 is 0. The van der Waals surface area contributed by atoms with Gasteiger partial charge < -0.3 is 24.4 Å². The molecule has 3 fully saturated rings. The first-order chi connectivity index (χ1) is 11.2. The third-order valence-corrected chi connectivity index (χ3v) is 5.36. The molecule has 132 valence electrons. The van der Waals surface area contributed by atoms with Crippen LogP contribution in [0, 0.1) is 5.92 Å². The summed E-state index contributed by atoms with van der Waals surface area (Å²) in [5, 5.41) is 3.03. The van der Waals surface area contributed by atoms with E-state index in [1.807, 2.05) is 4.90 Å². The highest BCUT2D eigenvalue weighted by molar-refractivity contribution is 5.74. The molecular weight excluding hydrogens is 296 g/mol. The van der Waals surface area contributed by atoms with Crippen molar-refractivity contribution in [1.82, 2.24) is 10.2 Å². The number of amides is 2. The van der Waals surface area contributed by atoms with E-state index >= 15 is 0 Å². The minimum atomic E-state index is -0.468. The minimum Gasteiger partial charge on any atom is -0.381 e. The van der Waals surface area contributed by atoms with E-state index in [-0.39, 0.29) is 12.1 Å². The highest BCUT2D eigenvalue weighted by Crippen LogP contribution is 2.33. The predicted molar refractivity (Wildman–Crippen MR) is 86.2 cm³/mol. The van der Waals surface area contributed by atoms with E-state index in [1.54, 1.807) is 0 Å². The number of carbonyl (C=O) groups excluding carboxylic acids is 1. The average Bonchev–Trinajstić information content (AvgIpc) is 2.82. The zero-order valence-corrected chi connectivity index (χ0v) is 14.2. The van der Waals surface area contributed by atoms with Gasteiger partial charge in [0.05, 0.1) is 19.8 Å². The Morgan fingerprint density at radius 3 is 2.87 bits per heavy atom. The largest absolute Gasteiger partial charge is 0.381 e. The molecule has 0 aromatic carbocycles. The Labute approximate surface area is 138 Å². The van der Waals surface area contributed by atoms with Gasteiger partial charge in [0.1, 0.15) is 6.10 Å². The lowest BCUT2D eigenvalue weighted by Gasteiger charge is -2.31. The van der Waals surface area contributed by atoms with Gasteiger partial charge in [-0.2, -0.15) is 0 Å². The van der Waals surface area contributed by atoms with Crippen molar-refractivity contribution in [2.75, 3.05) is 39.5 Å². The number of ether oxygens (including phenoxy) is 3. The summed E-state index contributed by atoms with van der Waals surface area (Å²) in [5.74, 6) is 0.303. The molecular formula is C17H30N2O4. The Morgan fingerprint density at radius 1 is 1.26 bits per heavy atom. The van der Waals surface area contributed by atoms with Crippen LogP contribution in [0.2, 0.25) is 0 Å². The molecule has 0 aromatic rings. The maximum absolute atomic E-state index is 12.4. The number of nitrogens with zero attached hydrogens (tertiary/aromatic N) is 1. The zero-order chi connectivity index (χ0) is 16.1. The molecule has 1 N–H and O–H groups in total. The van der Waals surface area contributed by atoms with Gasteiger partial charge in [-0.15, -0.1) is 0 Å². The summed E-state index contributed by atoms with van der Waals surface area (Å²) in [4.78, 5) is 14.3. The van der Waals surface area contributed by atoms with Gasteiger partial charge in [-0.25, -0.2) is 4.79 Å². The van der Waals surface area contributed by atoms with Crippen molar-refractivity contribution in [2.24, 2.45) is 5.92 Å². The van der Waals surface area contributed by atoms with Crippen LogP contribution >= 0.6 is 0 Å². The summed E-state index contributed by atoms with van der Waals surface area (Å²) in [6, 6.07) is 0.0401. The molecule has 0 bridgehead atoms. The van der Waals surface area contributed by atoms with Gasteiger partial charge in [0.2, 0.25) is 0 Å². The van der Waals surface area contributed by atoms with Crippen molar-refractivity contribution in [3.8, 4) is 0 Å². The number of carbonyl (C=O) groups is 1. The van der Waals surface area contributed by atoms with Crippen LogP contribution in [0.1, 0.15) is 45.4 Å². The minimum absolute atomic E-state index is 0.0401. The average molecular weight is 326 g/mol. The highest BCUT2D eigenvalue weighted by atomic mass is 16.7. The molecule has 23 heavy (non-hydrogen) atoms. The maximum Gasteiger partial charge on any atom is 0.317 e. The molecule has 1 spiro atoms. The molecule has 6 heteroatoms. The molecule has 0 unspecified atom stereocenters. The van der Waals surface area contributed by atoms with Crippen molar-refractivity contribution in [2.45, 2.75) is 57.3 Å². The first kappa shape index (κ1) is 17.0. The molecule has 3 heterocycles. The first-order valence-corrected chi connectivity index (χ1v) is 9.13. The van der Waals surface area contributed by atoms with Crippen LogP contribution in [0.4, 0.5) is 4.79 Å². The van der Waals surface area contributed by atoms with Crippen molar-refractivity contribution >= 4 is 6.03 Å². The summed E-state index contributed by atoms with van der Waals surface area (Å²) in [7, 11) is 0. The number of hydrogen-bond donors (Lipinski definition) is 1. The third-order valence-electron chi connectivity index (χ3n) is 5.36. The van der Waals surface area contributed by atoms with Gasteiger partial charge in [0, 0.05) is 32.5 Å². The number of nitrogens with one attached hydrogen (secondary N) is 1. The van der Waals surface area contributed by atoms with E-state index in [9.17, 15) is 4.79 Å². The van der Waals surface area contributed by atoms with Crippen LogP contribution in [-0.2, 0) is 14.2 Å². The Morgan fingerprint density at radius 2 is 2.09 bits per heavy atom. The van der Waals surface area contributed by atoms with Crippen LogP contribution in [0.5, 0.6) is 0 Å². The second-order valence-electron chi connectivity index (χ2n) is 6.95. The van der Waals surface area contributed by atoms with Crippen LogP contribution in [-0.4, -0.2) is 62.3 Å². The van der Waals surface area contributed by atoms with Crippen molar-refractivity contribution < 1.29 is 19.0 Å². The van der Waals surface area contributed by atoms with Gasteiger partial charge in [-0.1, -0.05) is 13.3 Å². The Bertz CT molecular complexity index is 398. The molecule has 6 nitrogen and oxygen atoms in total. The van der Waals surface area contributed by atoms with E-state index in [4.69, 9.17) is 14.2 Å². The summed E-state index contributed by atoms with van der Waals surface area (Å²) in [6.07, 6.45) is 6.20. The predicted octanol–water partition coefficient (Wildman–Crippen LogP) is 2.13. The maximum atomic E-state index is 12.4. The second kappa shape index (κ2) is 7.81. The fourth-order valence-electron chi connectivity index (χ4n) is 3.75. The molecule has 0 saturated carbocycles. The molecule has 2 atom stereocenters. The van der Waals surface area contributed by atoms with Gasteiger partial charge in [0.25, 0.3) is 0 Å². The summed E-state index contributed by atoms with van der Waals surface area (Å²) in [6.45, 7) is 6.42. The van der Waals surface area contributed by atoms with Crippen molar-refractivity contribution in [1.29, 1.82) is 0 Å². The van der Waals surface area contributed by atoms with Crippen LogP contribution in [0.3, 0.4) is 0 Å². The lowest BCUT2D eigenvalue weighted by atomic mass is 9.98. The van der Waals surface area contributed by atoms with E-state index in [0.29, 0.717) is 26.4 Å². The molecule has 3 aliphatic heterocycles. The quantitative estimate of drug-likeness (QED) is 0.863. The fourth-order valence-corrected chi connectivity index (χ4v) is 3.75. The zero-order valence-electron chi connectivity index (χ0n) is 14.2. The topological polar surface area (TPSA) is 60.0 Å². The Kier molecular flexibility index (Phi) is 5.77. The van der Waals surface area contributed by atoms with Crippen molar-refractivity contribution in [3.63, 3.8) is 0 Å². The molecule has 0 aromatic heterocycles. The molecule has 0 radical (unpaired) electrons. The van der Waals surface area contributed by atoms with Crippen LogP contribution in [0.15, 0.2) is 0 Å². The van der Waals surface area contributed by atoms with Gasteiger partial charge >= 0.3 is 6.03 Å².